The van der Waals surface area contributed by atoms with Gasteiger partial charge in [-0.15, -0.1) is 11.8 Å². The molecule has 0 aliphatic carbocycles. The number of unbranched alkanes of at least 4 members (excludes halogenated alkanes) is 1. The van der Waals surface area contributed by atoms with Crippen molar-refractivity contribution >= 4 is 17.5 Å². The average Bonchev–Trinajstić information content (AvgIpc) is 2.29. The van der Waals surface area contributed by atoms with E-state index < -0.39 is 18.4 Å². The molecular weight excluding hydrogens is 261 g/mol. The molecule has 0 bridgehead atoms. The van der Waals surface area contributed by atoms with E-state index in [9.17, 15) is 18.0 Å². The second-order valence-electron chi connectivity index (χ2n) is 4.04. The zero-order chi connectivity index (χ0) is 13.6. The van der Waals surface area contributed by atoms with E-state index in [1.54, 1.807) is 11.8 Å². The predicted octanol–water partition coefficient (Wildman–Crippen LogP) is 4.39. The van der Waals surface area contributed by atoms with Gasteiger partial charge in [-0.1, -0.05) is 17.7 Å². The Morgan fingerprint density at radius 1 is 1.17 bits per heavy atom. The standard InChI is InChI=1S/C13H15F3OS/c1-10-5-7-11(8-6-10)18-9-3-2-4-12(17)13(14,15)16/h5-8H,2-4,9H2,1H3. The molecule has 1 nitrogen and oxygen atoms in total. The lowest BCUT2D eigenvalue weighted by atomic mass is 10.2. The highest BCUT2D eigenvalue weighted by atomic mass is 32.2. The molecule has 1 rings (SSSR count). The molecule has 18 heavy (non-hydrogen) atoms. The summed E-state index contributed by atoms with van der Waals surface area (Å²) in [6.45, 7) is 2.00. The van der Waals surface area contributed by atoms with E-state index in [0.717, 1.165) is 10.6 Å². The molecule has 0 aliphatic heterocycles. The Labute approximate surface area is 109 Å². The van der Waals surface area contributed by atoms with Gasteiger partial charge in [-0.25, -0.2) is 0 Å². The van der Waals surface area contributed by atoms with Crippen LogP contribution in [0.2, 0.25) is 0 Å². The second kappa shape index (κ2) is 6.83. The van der Waals surface area contributed by atoms with Crippen molar-refractivity contribution in [3.8, 4) is 0 Å². The first-order valence-electron chi connectivity index (χ1n) is 5.69. The third kappa shape index (κ3) is 5.58. The van der Waals surface area contributed by atoms with Gasteiger partial charge >= 0.3 is 6.18 Å². The van der Waals surface area contributed by atoms with Crippen molar-refractivity contribution in [2.75, 3.05) is 5.75 Å². The summed E-state index contributed by atoms with van der Waals surface area (Å²) >= 11 is 1.60. The van der Waals surface area contributed by atoms with Crippen LogP contribution in [0, 0.1) is 6.92 Å². The predicted molar refractivity (Wildman–Crippen MR) is 66.8 cm³/mol. The van der Waals surface area contributed by atoms with Crippen molar-refractivity contribution in [1.82, 2.24) is 0 Å². The van der Waals surface area contributed by atoms with E-state index in [4.69, 9.17) is 0 Å². The Hall–Kier alpha value is -0.970. The quantitative estimate of drug-likeness (QED) is 0.566. The third-order valence-corrected chi connectivity index (χ3v) is 3.50. The van der Waals surface area contributed by atoms with Crippen LogP contribution in [0.5, 0.6) is 0 Å². The van der Waals surface area contributed by atoms with Gasteiger partial charge in [0.25, 0.3) is 0 Å². The van der Waals surface area contributed by atoms with Crippen LogP contribution in [0.15, 0.2) is 29.2 Å². The fraction of sp³-hybridized carbons (Fsp3) is 0.462. The molecule has 0 aliphatic rings. The normalized spacial score (nSPS) is 11.6. The number of halogens is 3. The van der Waals surface area contributed by atoms with Crippen molar-refractivity contribution in [1.29, 1.82) is 0 Å². The molecule has 0 unspecified atom stereocenters. The fourth-order valence-electron chi connectivity index (χ4n) is 1.35. The molecule has 0 radical (unpaired) electrons. The number of hydrogen-bond acceptors (Lipinski definition) is 2. The molecular formula is C13H15F3OS. The maximum atomic E-state index is 11.9. The monoisotopic (exact) mass is 276 g/mol. The number of ketones is 1. The van der Waals surface area contributed by atoms with Crippen LogP contribution in [0.25, 0.3) is 0 Å². The van der Waals surface area contributed by atoms with E-state index >= 15 is 0 Å². The molecule has 1 aromatic rings. The Morgan fingerprint density at radius 2 is 1.78 bits per heavy atom. The number of Topliss-reactive ketones (excluding diaryl/α,β-unsaturated/α-hetero) is 1. The van der Waals surface area contributed by atoms with Gasteiger partial charge in [0.1, 0.15) is 0 Å². The van der Waals surface area contributed by atoms with Crippen LogP contribution in [0.3, 0.4) is 0 Å². The molecule has 5 heteroatoms. The summed E-state index contributed by atoms with van der Waals surface area (Å²) in [7, 11) is 0. The molecule has 1 aromatic carbocycles. The highest BCUT2D eigenvalue weighted by molar-refractivity contribution is 7.99. The Kier molecular flexibility index (Phi) is 5.72. The van der Waals surface area contributed by atoms with E-state index in [1.807, 2.05) is 31.2 Å². The van der Waals surface area contributed by atoms with Gasteiger partial charge in [-0.05, 0) is 37.7 Å². The van der Waals surface area contributed by atoms with Crippen LogP contribution in [-0.4, -0.2) is 17.7 Å². The lowest BCUT2D eigenvalue weighted by Gasteiger charge is -2.05. The number of rotatable bonds is 6. The average molecular weight is 276 g/mol. The third-order valence-electron chi connectivity index (χ3n) is 2.40. The summed E-state index contributed by atoms with van der Waals surface area (Å²) in [4.78, 5) is 11.7. The van der Waals surface area contributed by atoms with Crippen molar-refractivity contribution < 1.29 is 18.0 Å². The molecule has 0 atom stereocenters. The zero-order valence-electron chi connectivity index (χ0n) is 10.1. The molecule has 0 saturated heterocycles. The Bertz CT molecular complexity index is 384. The lowest BCUT2D eigenvalue weighted by Crippen LogP contribution is -2.22. The zero-order valence-corrected chi connectivity index (χ0v) is 10.9. The Balaban J connectivity index is 2.16. The molecule has 0 amide bonds. The smallest absolute Gasteiger partial charge is 0.290 e. The number of carbonyl (C=O) groups excluding carboxylic acids is 1. The number of hydrogen-bond donors (Lipinski definition) is 0. The van der Waals surface area contributed by atoms with Gasteiger partial charge in [-0.3, -0.25) is 4.79 Å². The van der Waals surface area contributed by atoms with Crippen molar-refractivity contribution in [2.45, 2.75) is 37.3 Å². The number of alkyl halides is 3. The maximum absolute atomic E-state index is 11.9. The van der Waals surface area contributed by atoms with Gasteiger partial charge in [0.2, 0.25) is 5.78 Å². The maximum Gasteiger partial charge on any atom is 0.449 e. The van der Waals surface area contributed by atoms with Gasteiger partial charge < -0.3 is 0 Å². The first kappa shape index (κ1) is 15.1. The molecule has 100 valence electrons. The number of thioether (sulfide) groups is 1. The molecule has 0 heterocycles. The summed E-state index contributed by atoms with van der Waals surface area (Å²) in [6.07, 6.45) is -4.18. The van der Waals surface area contributed by atoms with Crippen LogP contribution in [-0.2, 0) is 4.79 Å². The summed E-state index contributed by atoms with van der Waals surface area (Å²) in [5.74, 6) is -0.892. The minimum Gasteiger partial charge on any atom is -0.290 e. The van der Waals surface area contributed by atoms with Gasteiger partial charge in [-0.2, -0.15) is 13.2 Å². The summed E-state index contributed by atoms with van der Waals surface area (Å²) in [5.41, 5.74) is 1.18. The van der Waals surface area contributed by atoms with Gasteiger partial charge in [0.05, 0.1) is 0 Å². The molecule has 0 saturated carbocycles. The summed E-state index contributed by atoms with van der Waals surface area (Å²) < 4.78 is 35.7. The van der Waals surface area contributed by atoms with Crippen LogP contribution in [0.4, 0.5) is 13.2 Å². The van der Waals surface area contributed by atoms with Gasteiger partial charge in [0, 0.05) is 11.3 Å². The van der Waals surface area contributed by atoms with Crippen molar-refractivity contribution in [2.24, 2.45) is 0 Å². The van der Waals surface area contributed by atoms with E-state index in [-0.39, 0.29) is 6.42 Å². The topological polar surface area (TPSA) is 17.1 Å². The largest absolute Gasteiger partial charge is 0.449 e. The van der Waals surface area contributed by atoms with E-state index in [1.165, 1.54) is 5.56 Å². The van der Waals surface area contributed by atoms with E-state index in [2.05, 4.69) is 0 Å². The molecule has 0 fully saturated rings. The highest BCUT2D eigenvalue weighted by Gasteiger charge is 2.36. The first-order valence-corrected chi connectivity index (χ1v) is 6.67. The molecule has 0 aromatic heterocycles. The minimum atomic E-state index is -4.68. The van der Waals surface area contributed by atoms with Crippen LogP contribution < -0.4 is 0 Å². The molecule has 0 N–H and O–H groups in total. The fourth-order valence-corrected chi connectivity index (χ4v) is 2.27. The summed E-state index contributed by atoms with van der Waals surface area (Å²) in [6, 6.07) is 7.97. The first-order chi connectivity index (χ1) is 8.39. The van der Waals surface area contributed by atoms with Crippen LogP contribution in [0.1, 0.15) is 24.8 Å². The number of aryl methyl sites for hydroxylation is 1. The lowest BCUT2D eigenvalue weighted by molar-refractivity contribution is -0.171. The van der Waals surface area contributed by atoms with E-state index in [0.29, 0.717) is 6.42 Å². The SMILES string of the molecule is Cc1ccc(SCCCCC(=O)C(F)(F)F)cc1. The second-order valence-corrected chi connectivity index (χ2v) is 5.21. The van der Waals surface area contributed by atoms with Crippen molar-refractivity contribution in [3.05, 3.63) is 29.8 Å². The summed E-state index contributed by atoms with van der Waals surface area (Å²) in [5, 5.41) is 0. The van der Waals surface area contributed by atoms with Gasteiger partial charge in [0.15, 0.2) is 0 Å². The highest BCUT2D eigenvalue weighted by Crippen LogP contribution is 2.22. The van der Waals surface area contributed by atoms with Crippen LogP contribution >= 0.6 is 11.8 Å². The minimum absolute atomic E-state index is 0.289. The Morgan fingerprint density at radius 3 is 2.33 bits per heavy atom. The molecule has 0 spiro atoms. The number of benzene rings is 1. The number of carbonyl (C=O) groups is 1. The van der Waals surface area contributed by atoms with Crippen molar-refractivity contribution in [3.63, 3.8) is 0 Å².